The number of thioether (sulfide) groups is 1. The summed E-state index contributed by atoms with van der Waals surface area (Å²) in [6.07, 6.45) is 4.93. The first-order chi connectivity index (χ1) is 13.3. The van der Waals surface area contributed by atoms with E-state index >= 15 is 0 Å². The summed E-state index contributed by atoms with van der Waals surface area (Å²) in [6, 6.07) is 0.549. The van der Waals surface area contributed by atoms with Gasteiger partial charge in [0.15, 0.2) is 5.96 Å². The Morgan fingerprint density at radius 1 is 1.18 bits per heavy atom. The van der Waals surface area contributed by atoms with Gasteiger partial charge in [-0.3, -0.25) is 9.89 Å². The lowest BCUT2D eigenvalue weighted by Crippen LogP contribution is -2.56. The van der Waals surface area contributed by atoms with E-state index in [2.05, 4.69) is 46.0 Å². The summed E-state index contributed by atoms with van der Waals surface area (Å²) in [4.78, 5) is 10.3. The highest BCUT2D eigenvalue weighted by atomic mass is 127. The minimum absolute atomic E-state index is 0. The van der Waals surface area contributed by atoms with Gasteiger partial charge in [-0.05, 0) is 44.9 Å². The molecule has 3 saturated heterocycles. The molecule has 8 heteroatoms. The topological polar surface area (TPSA) is 52.1 Å². The highest BCUT2D eigenvalue weighted by Gasteiger charge is 2.40. The fourth-order valence-electron chi connectivity index (χ4n) is 4.46. The van der Waals surface area contributed by atoms with Gasteiger partial charge in [-0.15, -0.1) is 24.0 Å². The van der Waals surface area contributed by atoms with Crippen LogP contribution in [0.15, 0.2) is 4.99 Å². The highest BCUT2D eigenvalue weighted by Crippen LogP contribution is 2.34. The maximum Gasteiger partial charge on any atom is 0.191 e. The van der Waals surface area contributed by atoms with E-state index in [1.165, 1.54) is 56.8 Å². The van der Waals surface area contributed by atoms with Crippen molar-refractivity contribution < 1.29 is 4.74 Å². The van der Waals surface area contributed by atoms with Crippen LogP contribution >= 0.6 is 35.7 Å². The molecule has 0 bridgehead atoms. The third kappa shape index (κ3) is 6.89. The third-order valence-electron chi connectivity index (χ3n) is 6.11. The third-order valence-corrected chi connectivity index (χ3v) is 7.34. The van der Waals surface area contributed by atoms with Crippen molar-refractivity contribution in [3.8, 4) is 0 Å². The monoisotopic (exact) mass is 525 g/mol. The summed E-state index contributed by atoms with van der Waals surface area (Å²) in [5.41, 5.74) is 0.224. The van der Waals surface area contributed by atoms with Crippen molar-refractivity contribution in [3.63, 3.8) is 0 Å². The van der Waals surface area contributed by atoms with Crippen molar-refractivity contribution in [1.29, 1.82) is 0 Å². The van der Waals surface area contributed by atoms with Crippen LogP contribution < -0.4 is 10.6 Å². The molecule has 0 spiro atoms. The predicted molar refractivity (Wildman–Crippen MR) is 131 cm³/mol. The minimum atomic E-state index is 0. The number of ether oxygens (including phenoxy) is 1. The number of rotatable bonds is 7. The van der Waals surface area contributed by atoms with Gasteiger partial charge in [0.1, 0.15) is 0 Å². The second-order valence-corrected chi connectivity index (χ2v) is 9.19. The zero-order valence-corrected chi connectivity index (χ0v) is 20.9. The van der Waals surface area contributed by atoms with Gasteiger partial charge in [-0.2, -0.15) is 11.8 Å². The van der Waals surface area contributed by atoms with Crippen molar-refractivity contribution in [2.24, 2.45) is 4.99 Å². The molecule has 3 fully saturated rings. The first-order valence-corrected chi connectivity index (χ1v) is 12.1. The maximum atomic E-state index is 5.58. The van der Waals surface area contributed by atoms with Crippen LogP contribution in [0, 0.1) is 0 Å². The fourth-order valence-corrected chi connectivity index (χ4v) is 5.93. The van der Waals surface area contributed by atoms with Crippen LogP contribution in [0.3, 0.4) is 0 Å². The molecular weight excluding hydrogens is 485 g/mol. The summed E-state index contributed by atoms with van der Waals surface area (Å²) in [7, 11) is 0. The normalized spacial score (nSPS) is 28.1. The van der Waals surface area contributed by atoms with Gasteiger partial charge >= 0.3 is 0 Å². The molecule has 0 aliphatic carbocycles. The molecule has 0 saturated carbocycles. The molecule has 3 rings (SSSR count). The number of likely N-dealkylation sites (tertiary alicyclic amines) is 1. The predicted octanol–water partition coefficient (Wildman–Crippen LogP) is 2.24. The van der Waals surface area contributed by atoms with Crippen LogP contribution in [0.2, 0.25) is 0 Å². The van der Waals surface area contributed by atoms with Crippen LogP contribution in [-0.2, 0) is 4.74 Å². The highest BCUT2D eigenvalue weighted by molar-refractivity contribution is 14.0. The fraction of sp³-hybridized carbons (Fsp3) is 0.950. The van der Waals surface area contributed by atoms with Crippen molar-refractivity contribution in [2.75, 3.05) is 70.5 Å². The van der Waals surface area contributed by atoms with E-state index < -0.39 is 0 Å². The van der Waals surface area contributed by atoms with Gasteiger partial charge in [0.25, 0.3) is 0 Å². The average molecular weight is 526 g/mol. The number of halogens is 1. The van der Waals surface area contributed by atoms with Gasteiger partial charge in [-0.25, -0.2) is 0 Å². The quantitative estimate of drug-likeness (QED) is 0.302. The lowest BCUT2D eigenvalue weighted by Gasteiger charge is -2.42. The SMILES string of the molecule is CCCN1CCC(NC(=NCC2(N3CCOCC3)CCSC2)NCC)CC1.I. The Kier molecular flexibility index (Phi) is 11.2. The Morgan fingerprint density at radius 3 is 2.54 bits per heavy atom. The smallest absolute Gasteiger partial charge is 0.191 e. The van der Waals surface area contributed by atoms with Gasteiger partial charge < -0.3 is 20.3 Å². The number of morpholine rings is 1. The van der Waals surface area contributed by atoms with Crippen LogP contribution in [-0.4, -0.2) is 97.9 Å². The summed E-state index contributed by atoms with van der Waals surface area (Å²) in [5, 5.41) is 7.21. The molecule has 0 aromatic rings. The molecule has 1 unspecified atom stereocenters. The summed E-state index contributed by atoms with van der Waals surface area (Å²) in [6.45, 7) is 13.7. The first kappa shape index (κ1) is 24.5. The molecule has 3 heterocycles. The van der Waals surface area contributed by atoms with Gasteiger partial charge in [0.2, 0.25) is 0 Å². The van der Waals surface area contributed by atoms with E-state index in [-0.39, 0.29) is 29.5 Å². The summed E-state index contributed by atoms with van der Waals surface area (Å²) >= 11 is 2.08. The van der Waals surface area contributed by atoms with Crippen molar-refractivity contribution in [3.05, 3.63) is 0 Å². The minimum Gasteiger partial charge on any atom is -0.379 e. The number of aliphatic imine (C=N–C) groups is 1. The number of nitrogens with one attached hydrogen (secondary N) is 2. The summed E-state index contributed by atoms with van der Waals surface area (Å²) in [5.74, 6) is 3.47. The average Bonchev–Trinajstić information content (AvgIpc) is 3.19. The van der Waals surface area contributed by atoms with Gasteiger partial charge in [0.05, 0.1) is 25.3 Å². The Morgan fingerprint density at radius 2 is 1.93 bits per heavy atom. The van der Waals surface area contributed by atoms with E-state index in [1.54, 1.807) is 0 Å². The number of guanidine groups is 1. The zero-order valence-electron chi connectivity index (χ0n) is 17.8. The lowest BCUT2D eigenvalue weighted by molar-refractivity contribution is -0.0104. The number of hydrogen-bond acceptors (Lipinski definition) is 5. The largest absolute Gasteiger partial charge is 0.379 e. The Labute approximate surface area is 193 Å². The Balaban J connectivity index is 0.00000280. The molecule has 3 aliphatic heterocycles. The molecular formula is C20H40IN5OS. The molecule has 0 radical (unpaired) electrons. The molecule has 164 valence electrons. The molecule has 2 N–H and O–H groups in total. The van der Waals surface area contributed by atoms with Crippen LogP contribution in [0.5, 0.6) is 0 Å². The molecule has 0 amide bonds. The van der Waals surface area contributed by atoms with Crippen molar-refractivity contribution in [2.45, 2.75) is 51.1 Å². The van der Waals surface area contributed by atoms with Crippen molar-refractivity contribution >= 4 is 41.7 Å². The lowest BCUT2D eigenvalue weighted by atomic mass is 9.96. The second kappa shape index (κ2) is 12.8. The number of nitrogens with zero attached hydrogens (tertiary/aromatic N) is 3. The Hall–Kier alpha value is 0.230. The van der Waals surface area contributed by atoms with Gasteiger partial charge in [-0.1, -0.05) is 6.92 Å². The van der Waals surface area contributed by atoms with Crippen LogP contribution in [0.25, 0.3) is 0 Å². The molecule has 0 aromatic heterocycles. The number of piperidine rings is 1. The van der Waals surface area contributed by atoms with E-state index in [0.29, 0.717) is 6.04 Å². The van der Waals surface area contributed by atoms with Crippen molar-refractivity contribution in [1.82, 2.24) is 20.4 Å². The van der Waals surface area contributed by atoms with Gasteiger partial charge in [0, 0.05) is 44.5 Å². The molecule has 6 nitrogen and oxygen atoms in total. The second-order valence-electron chi connectivity index (χ2n) is 8.08. The molecule has 3 aliphatic rings. The van der Waals surface area contributed by atoms with E-state index in [1.807, 2.05) is 0 Å². The van der Waals surface area contributed by atoms with E-state index in [0.717, 1.165) is 45.4 Å². The number of hydrogen-bond donors (Lipinski definition) is 2. The molecule has 28 heavy (non-hydrogen) atoms. The van der Waals surface area contributed by atoms with Crippen LogP contribution in [0.4, 0.5) is 0 Å². The van der Waals surface area contributed by atoms with E-state index in [9.17, 15) is 0 Å². The zero-order chi connectivity index (χ0) is 19.0. The molecule has 0 aromatic carbocycles. The maximum absolute atomic E-state index is 5.58. The van der Waals surface area contributed by atoms with E-state index in [4.69, 9.17) is 9.73 Å². The molecule has 1 atom stereocenters. The standard InChI is InChI=1S/C20H39N5OS.HI/c1-3-8-24-9-5-18(6-10-24)23-19(21-4-2)22-16-20(7-15-27-17-20)25-11-13-26-14-12-25;/h18H,3-17H2,1-2H3,(H2,21,22,23);1H. The van der Waals surface area contributed by atoms with Crippen LogP contribution in [0.1, 0.15) is 39.5 Å². The first-order valence-electron chi connectivity index (χ1n) is 10.9. The Bertz CT molecular complexity index is 462. The summed E-state index contributed by atoms with van der Waals surface area (Å²) < 4.78 is 5.58.